The number of imidazole rings is 1. The van der Waals surface area contributed by atoms with Gasteiger partial charge in [0.2, 0.25) is 5.82 Å². The molecule has 29 heavy (non-hydrogen) atoms. The van der Waals surface area contributed by atoms with Gasteiger partial charge >= 0.3 is 0 Å². The van der Waals surface area contributed by atoms with E-state index in [0.29, 0.717) is 35.8 Å². The maximum Gasteiger partial charge on any atom is 0.292 e. The van der Waals surface area contributed by atoms with Crippen molar-refractivity contribution in [2.45, 2.75) is 13.8 Å². The van der Waals surface area contributed by atoms with Gasteiger partial charge in [-0.2, -0.15) is 0 Å². The van der Waals surface area contributed by atoms with E-state index < -0.39 is 5.91 Å². The minimum atomic E-state index is -0.451. The van der Waals surface area contributed by atoms with E-state index in [4.69, 9.17) is 9.47 Å². The second kappa shape index (κ2) is 8.64. The predicted octanol–water partition coefficient (Wildman–Crippen LogP) is 3.09. The number of rotatable bonds is 7. The maximum atomic E-state index is 13.0. The Hall–Kier alpha value is -3.55. The third kappa shape index (κ3) is 3.87. The van der Waals surface area contributed by atoms with Gasteiger partial charge in [-0.3, -0.25) is 14.0 Å². The van der Waals surface area contributed by atoms with Gasteiger partial charge in [0.25, 0.3) is 11.8 Å². The molecule has 0 saturated carbocycles. The number of hydrogen-bond acceptors (Lipinski definition) is 5. The van der Waals surface area contributed by atoms with Crippen molar-refractivity contribution in [3.05, 3.63) is 54.1 Å². The number of fused-ring (bicyclic) bond motifs is 1. The Bertz CT molecular complexity index is 1040. The van der Waals surface area contributed by atoms with Crippen LogP contribution in [0.1, 0.15) is 35.0 Å². The number of aromatic nitrogens is 2. The summed E-state index contributed by atoms with van der Waals surface area (Å²) in [5, 5.41) is 2.80. The number of amides is 2. The highest BCUT2D eigenvalue weighted by Crippen LogP contribution is 2.29. The van der Waals surface area contributed by atoms with Crippen molar-refractivity contribution < 1.29 is 19.1 Å². The molecule has 3 rings (SSSR count). The Morgan fingerprint density at radius 1 is 1.10 bits per heavy atom. The monoisotopic (exact) mass is 396 g/mol. The highest BCUT2D eigenvalue weighted by atomic mass is 16.5. The number of pyridine rings is 1. The number of nitrogens with one attached hydrogen (secondary N) is 1. The van der Waals surface area contributed by atoms with Crippen LogP contribution in [-0.2, 0) is 0 Å². The van der Waals surface area contributed by atoms with Crippen LogP contribution in [0.15, 0.2) is 42.6 Å². The van der Waals surface area contributed by atoms with E-state index in [9.17, 15) is 9.59 Å². The number of hydrogen-bond donors (Lipinski definition) is 1. The first kappa shape index (κ1) is 20.2. The molecule has 0 saturated heterocycles. The summed E-state index contributed by atoms with van der Waals surface area (Å²) in [7, 11) is 3.06. The SMILES string of the molecule is CCN(CC)C(=O)c1nc(C(=O)Nc2ccc(OC)cc2OC)n2ccccc12. The van der Waals surface area contributed by atoms with Gasteiger partial charge in [-0.05, 0) is 38.1 Å². The molecule has 0 spiro atoms. The molecular formula is C21H24N4O4. The van der Waals surface area contributed by atoms with E-state index in [2.05, 4.69) is 10.3 Å². The molecule has 0 fully saturated rings. The molecule has 0 aliphatic heterocycles. The van der Waals surface area contributed by atoms with E-state index in [0.717, 1.165) is 0 Å². The van der Waals surface area contributed by atoms with E-state index in [-0.39, 0.29) is 17.4 Å². The zero-order valence-corrected chi connectivity index (χ0v) is 16.9. The minimum absolute atomic E-state index is 0.119. The van der Waals surface area contributed by atoms with Crippen molar-refractivity contribution >= 4 is 23.0 Å². The Morgan fingerprint density at radius 3 is 2.52 bits per heavy atom. The van der Waals surface area contributed by atoms with E-state index in [1.54, 1.807) is 52.9 Å². The molecule has 0 radical (unpaired) electrons. The third-order valence-corrected chi connectivity index (χ3v) is 4.66. The van der Waals surface area contributed by atoms with Crippen LogP contribution >= 0.6 is 0 Å². The first-order valence-corrected chi connectivity index (χ1v) is 9.33. The highest BCUT2D eigenvalue weighted by molar-refractivity contribution is 6.06. The third-order valence-electron chi connectivity index (χ3n) is 4.66. The van der Waals surface area contributed by atoms with E-state index in [1.165, 1.54) is 7.11 Å². The molecule has 1 N–H and O–H groups in total. The van der Waals surface area contributed by atoms with Crippen molar-refractivity contribution in [3.8, 4) is 11.5 Å². The van der Waals surface area contributed by atoms with Crippen LogP contribution in [0.4, 0.5) is 5.69 Å². The summed E-state index contributed by atoms with van der Waals surface area (Å²) in [6, 6.07) is 10.4. The molecule has 8 nitrogen and oxygen atoms in total. The molecule has 0 unspecified atom stereocenters. The number of nitrogens with zero attached hydrogens (tertiary/aromatic N) is 3. The summed E-state index contributed by atoms with van der Waals surface area (Å²) in [6.45, 7) is 4.93. The molecule has 1 aromatic carbocycles. The van der Waals surface area contributed by atoms with Gasteiger partial charge in [-0.25, -0.2) is 4.98 Å². The van der Waals surface area contributed by atoms with Gasteiger partial charge in [0.05, 0.1) is 25.4 Å². The van der Waals surface area contributed by atoms with Gasteiger partial charge in [-0.15, -0.1) is 0 Å². The Morgan fingerprint density at radius 2 is 1.86 bits per heavy atom. The molecule has 3 aromatic rings. The number of benzene rings is 1. The molecule has 0 aliphatic carbocycles. The number of carbonyl (C=O) groups is 2. The predicted molar refractivity (Wildman–Crippen MR) is 110 cm³/mol. The van der Waals surface area contributed by atoms with Gasteiger partial charge in [-0.1, -0.05) is 6.07 Å². The van der Waals surface area contributed by atoms with E-state index >= 15 is 0 Å². The molecule has 2 aromatic heterocycles. The Balaban J connectivity index is 2.00. The minimum Gasteiger partial charge on any atom is -0.497 e. The van der Waals surface area contributed by atoms with Crippen molar-refractivity contribution in [3.63, 3.8) is 0 Å². The lowest BCUT2D eigenvalue weighted by molar-refractivity contribution is 0.0769. The fraction of sp³-hybridized carbons (Fsp3) is 0.286. The molecule has 2 amide bonds. The zero-order valence-electron chi connectivity index (χ0n) is 16.9. The number of carbonyl (C=O) groups excluding carboxylic acids is 2. The number of methoxy groups -OCH3 is 2. The average Bonchev–Trinajstić information content (AvgIpc) is 3.14. The fourth-order valence-electron chi connectivity index (χ4n) is 3.10. The van der Waals surface area contributed by atoms with Gasteiger partial charge in [0.15, 0.2) is 5.69 Å². The molecule has 8 heteroatoms. The number of anilines is 1. The maximum absolute atomic E-state index is 13.0. The molecule has 152 valence electrons. The molecule has 0 bridgehead atoms. The fourth-order valence-corrected chi connectivity index (χ4v) is 3.10. The lowest BCUT2D eigenvalue weighted by Crippen LogP contribution is -2.31. The van der Waals surface area contributed by atoms with Crippen LogP contribution in [0.5, 0.6) is 11.5 Å². The normalized spacial score (nSPS) is 10.6. The summed E-state index contributed by atoms with van der Waals surface area (Å²) >= 11 is 0. The smallest absolute Gasteiger partial charge is 0.292 e. The van der Waals surface area contributed by atoms with Gasteiger partial charge in [0, 0.05) is 25.4 Å². The largest absolute Gasteiger partial charge is 0.497 e. The Kier molecular flexibility index (Phi) is 6.01. The standard InChI is InChI=1S/C21H24N4O4/c1-5-24(6-2)21(27)18-16-9-7-8-12-25(16)19(23-18)20(26)22-15-11-10-14(28-3)13-17(15)29-4/h7-13H,5-6H2,1-4H3,(H,22,26). The molecule has 0 aliphatic rings. The second-order valence-corrected chi connectivity index (χ2v) is 6.24. The van der Waals surface area contributed by atoms with Crippen molar-refractivity contribution in [1.82, 2.24) is 14.3 Å². The molecule has 2 heterocycles. The van der Waals surface area contributed by atoms with E-state index in [1.807, 2.05) is 19.9 Å². The summed E-state index contributed by atoms with van der Waals surface area (Å²) in [5.74, 6) is 0.526. The zero-order chi connectivity index (χ0) is 21.0. The van der Waals surface area contributed by atoms with Crippen LogP contribution < -0.4 is 14.8 Å². The molecule has 0 atom stereocenters. The van der Waals surface area contributed by atoms with Crippen molar-refractivity contribution in [2.24, 2.45) is 0 Å². The first-order valence-electron chi connectivity index (χ1n) is 9.33. The first-order chi connectivity index (χ1) is 14.0. The summed E-state index contributed by atoms with van der Waals surface area (Å²) < 4.78 is 12.1. The van der Waals surface area contributed by atoms with Crippen LogP contribution in [0.2, 0.25) is 0 Å². The van der Waals surface area contributed by atoms with Gasteiger partial charge in [0.1, 0.15) is 11.5 Å². The average molecular weight is 396 g/mol. The second-order valence-electron chi connectivity index (χ2n) is 6.24. The van der Waals surface area contributed by atoms with Crippen LogP contribution in [0, 0.1) is 0 Å². The van der Waals surface area contributed by atoms with Crippen molar-refractivity contribution in [2.75, 3.05) is 32.6 Å². The summed E-state index contributed by atoms with van der Waals surface area (Å²) in [5.41, 5.74) is 1.31. The van der Waals surface area contributed by atoms with Crippen molar-refractivity contribution in [1.29, 1.82) is 0 Å². The topological polar surface area (TPSA) is 85.2 Å². The van der Waals surface area contributed by atoms with Crippen LogP contribution in [-0.4, -0.2) is 53.4 Å². The Labute approximate surface area is 169 Å². The summed E-state index contributed by atoms with van der Waals surface area (Å²) in [4.78, 5) is 31.9. The highest BCUT2D eigenvalue weighted by Gasteiger charge is 2.24. The van der Waals surface area contributed by atoms with Gasteiger partial charge < -0.3 is 19.7 Å². The summed E-state index contributed by atoms with van der Waals surface area (Å²) in [6.07, 6.45) is 1.71. The molecular weight excluding hydrogens is 372 g/mol. The number of ether oxygens (including phenoxy) is 2. The lowest BCUT2D eigenvalue weighted by atomic mass is 10.2. The lowest BCUT2D eigenvalue weighted by Gasteiger charge is -2.17. The quantitative estimate of drug-likeness (QED) is 0.663. The van der Waals surface area contributed by atoms with Crippen LogP contribution in [0.3, 0.4) is 0 Å². The van der Waals surface area contributed by atoms with Crippen LogP contribution in [0.25, 0.3) is 5.52 Å².